The Morgan fingerprint density at radius 3 is 2.55 bits per heavy atom. The molecule has 0 aromatic carbocycles. The molecule has 2 rings (SSSR count). The SMILES string of the molecule is CC(C)CC(N)C(=O)N1CCN(CC2CCCO2)CC1. The van der Waals surface area contributed by atoms with Gasteiger partial charge in [0.05, 0.1) is 12.1 Å². The largest absolute Gasteiger partial charge is 0.377 e. The number of hydrogen-bond acceptors (Lipinski definition) is 4. The first-order chi connectivity index (χ1) is 9.56. The number of rotatable bonds is 5. The number of carbonyl (C=O) groups is 1. The van der Waals surface area contributed by atoms with E-state index in [4.69, 9.17) is 10.5 Å². The van der Waals surface area contributed by atoms with E-state index < -0.39 is 0 Å². The summed E-state index contributed by atoms with van der Waals surface area (Å²) < 4.78 is 5.67. The lowest BCUT2D eigenvalue weighted by Crippen LogP contribution is -2.54. The summed E-state index contributed by atoms with van der Waals surface area (Å²) in [6, 6.07) is -0.334. The van der Waals surface area contributed by atoms with Crippen LogP contribution in [0.15, 0.2) is 0 Å². The summed E-state index contributed by atoms with van der Waals surface area (Å²) in [5.41, 5.74) is 5.99. The molecule has 2 fully saturated rings. The predicted octanol–water partition coefficient (Wildman–Crippen LogP) is 0.683. The molecule has 0 spiro atoms. The van der Waals surface area contributed by atoms with E-state index in [9.17, 15) is 4.79 Å². The average molecular weight is 283 g/mol. The fourth-order valence-corrected chi connectivity index (χ4v) is 3.07. The maximum Gasteiger partial charge on any atom is 0.239 e. The van der Waals surface area contributed by atoms with Crippen LogP contribution in [0.2, 0.25) is 0 Å². The molecule has 0 saturated carbocycles. The number of amides is 1. The molecule has 20 heavy (non-hydrogen) atoms. The highest BCUT2D eigenvalue weighted by Gasteiger charge is 2.27. The van der Waals surface area contributed by atoms with Crippen LogP contribution in [0.25, 0.3) is 0 Å². The Morgan fingerprint density at radius 2 is 2.00 bits per heavy atom. The van der Waals surface area contributed by atoms with Gasteiger partial charge >= 0.3 is 0 Å². The van der Waals surface area contributed by atoms with Gasteiger partial charge in [-0.05, 0) is 25.2 Å². The topological polar surface area (TPSA) is 58.8 Å². The van der Waals surface area contributed by atoms with Gasteiger partial charge in [-0.2, -0.15) is 0 Å². The molecule has 2 aliphatic rings. The molecule has 116 valence electrons. The van der Waals surface area contributed by atoms with Crippen molar-refractivity contribution in [3.05, 3.63) is 0 Å². The minimum absolute atomic E-state index is 0.121. The molecule has 2 N–H and O–H groups in total. The molecule has 0 radical (unpaired) electrons. The molecule has 2 saturated heterocycles. The van der Waals surface area contributed by atoms with Gasteiger partial charge in [0, 0.05) is 39.3 Å². The number of hydrogen-bond donors (Lipinski definition) is 1. The van der Waals surface area contributed by atoms with Crippen molar-refractivity contribution >= 4 is 5.91 Å². The molecule has 0 aromatic rings. The minimum atomic E-state index is -0.334. The fourth-order valence-electron chi connectivity index (χ4n) is 3.07. The van der Waals surface area contributed by atoms with Crippen molar-refractivity contribution in [3.8, 4) is 0 Å². The monoisotopic (exact) mass is 283 g/mol. The number of carbonyl (C=O) groups excluding carboxylic acids is 1. The van der Waals surface area contributed by atoms with Gasteiger partial charge in [-0.3, -0.25) is 9.69 Å². The molecule has 2 atom stereocenters. The molecule has 2 unspecified atom stereocenters. The lowest BCUT2D eigenvalue weighted by atomic mass is 10.0. The van der Waals surface area contributed by atoms with Gasteiger partial charge in [-0.25, -0.2) is 0 Å². The van der Waals surface area contributed by atoms with Crippen LogP contribution in [0, 0.1) is 5.92 Å². The first-order valence-corrected chi connectivity index (χ1v) is 7.94. The van der Waals surface area contributed by atoms with Crippen LogP contribution in [0.1, 0.15) is 33.1 Å². The summed E-state index contributed by atoms with van der Waals surface area (Å²) >= 11 is 0. The Labute approximate surface area is 122 Å². The van der Waals surface area contributed by atoms with E-state index in [-0.39, 0.29) is 11.9 Å². The zero-order valence-electron chi connectivity index (χ0n) is 12.9. The average Bonchev–Trinajstić information content (AvgIpc) is 2.91. The van der Waals surface area contributed by atoms with Gasteiger partial charge in [0.25, 0.3) is 0 Å². The van der Waals surface area contributed by atoms with E-state index in [1.807, 2.05) is 4.90 Å². The van der Waals surface area contributed by atoms with Gasteiger partial charge in [0.15, 0.2) is 0 Å². The Morgan fingerprint density at radius 1 is 1.30 bits per heavy atom. The van der Waals surface area contributed by atoms with Crippen LogP contribution in [0.3, 0.4) is 0 Å². The van der Waals surface area contributed by atoms with Crippen LogP contribution in [0.4, 0.5) is 0 Å². The Balaban J connectivity index is 1.71. The fraction of sp³-hybridized carbons (Fsp3) is 0.933. The second-order valence-corrected chi connectivity index (χ2v) is 6.50. The van der Waals surface area contributed by atoms with Gasteiger partial charge in [0.2, 0.25) is 5.91 Å². The molecular weight excluding hydrogens is 254 g/mol. The molecule has 5 nitrogen and oxygen atoms in total. The first kappa shape index (κ1) is 15.7. The lowest BCUT2D eigenvalue weighted by molar-refractivity contribution is -0.134. The molecule has 5 heteroatoms. The number of piperazine rings is 1. The van der Waals surface area contributed by atoms with Crippen LogP contribution >= 0.6 is 0 Å². The van der Waals surface area contributed by atoms with Crippen molar-refractivity contribution in [1.82, 2.24) is 9.80 Å². The van der Waals surface area contributed by atoms with E-state index in [0.717, 1.165) is 45.8 Å². The Bertz CT molecular complexity index is 308. The van der Waals surface area contributed by atoms with E-state index in [1.165, 1.54) is 12.8 Å². The standard InChI is InChI=1S/C15H29N3O2/c1-12(2)10-14(16)15(19)18-7-5-17(6-8-18)11-13-4-3-9-20-13/h12-14H,3-11,16H2,1-2H3. The van der Waals surface area contributed by atoms with E-state index in [2.05, 4.69) is 18.7 Å². The summed E-state index contributed by atoms with van der Waals surface area (Å²) in [7, 11) is 0. The predicted molar refractivity (Wildman–Crippen MR) is 79.4 cm³/mol. The van der Waals surface area contributed by atoms with Crippen molar-refractivity contribution in [2.45, 2.75) is 45.3 Å². The van der Waals surface area contributed by atoms with E-state index in [0.29, 0.717) is 12.0 Å². The van der Waals surface area contributed by atoms with Crippen LogP contribution in [-0.2, 0) is 9.53 Å². The zero-order valence-corrected chi connectivity index (χ0v) is 12.9. The van der Waals surface area contributed by atoms with E-state index >= 15 is 0 Å². The van der Waals surface area contributed by atoms with Crippen molar-refractivity contribution in [2.75, 3.05) is 39.3 Å². The summed E-state index contributed by atoms with van der Waals surface area (Å²) in [4.78, 5) is 16.6. The van der Waals surface area contributed by atoms with Crippen LogP contribution in [-0.4, -0.2) is 67.2 Å². The molecule has 2 heterocycles. The molecule has 0 aliphatic carbocycles. The Hall–Kier alpha value is -0.650. The molecule has 0 bridgehead atoms. The van der Waals surface area contributed by atoms with Crippen molar-refractivity contribution < 1.29 is 9.53 Å². The first-order valence-electron chi connectivity index (χ1n) is 7.94. The number of ether oxygens (including phenoxy) is 1. The third kappa shape index (κ3) is 4.43. The number of nitrogens with zero attached hydrogens (tertiary/aromatic N) is 2. The molecule has 0 aromatic heterocycles. The van der Waals surface area contributed by atoms with Crippen molar-refractivity contribution in [1.29, 1.82) is 0 Å². The highest BCUT2D eigenvalue weighted by atomic mass is 16.5. The van der Waals surface area contributed by atoms with Gasteiger partial charge in [0.1, 0.15) is 0 Å². The molecular formula is C15H29N3O2. The highest BCUT2D eigenvalue weighted by molar-refractivity contribution is 5.81. The van der Waals surface area contributed by atoms with Crippen LogP contribution < -0.4 is 5.73 Å². The van der Waals surface area contributed by atoms with Gasteiger partial charge in [-0.1, -0.05) is 13.8 Å². The summed E-state index contributed by atoms with van der Waals surface area (Å²) in [6.45, 7) is 9.63. The minimum Gasteiger partial charge on any atom is -0.377 e. The lowest BCUT2D eigenvalue weighted by Gasteiger charge is -2.36. The normalized spacial score (nSPS) is 26.2. The number of nitrogens with two attached hydrogens (primary N) is 1. The summed E-state index contributed by atoms with van der Waals surface area (Å²) in [5, 5.41) is 0. The summed E-state index contributed by atoms with van der Waals surface area (Å²) in [6.07, 6.45) is 3.54. The second kappa shape index (κ2) is 7.38. The third-order valence-electron chi connectivity index (χ3n) is 4.21. The molecule has 1 amide bonds. The molecule has 2 aliphatic heterocycles. The maximum atomic E-state index is 12.2. The van der Waals surface area contributed by atoms with Gasteiger partial charge < -0.3 is 15.4 Å². The smallest absolute Gasteiger partial charge is 0.239 e. The van der Waals surface area contributed by atoms with E-state index in [1.54, 1.807) is 0 Å². The third-order valence-corrected chi connectivity index (χ3v) is 4.21. The van der Waals surface area contributed by atoms with Gasteiger partial charge in [-0.15, -0.1) is 0 Å². The Kier molecular flexibility index (Phi) is 5.81. The quantitative estimate of drug-likeness (QED) is 0.806. The highest BCUT2D eigenvalue weighted by Crippen LogP contribution is 2.15. The summed E-state index contributed by atoms with van der Waals surface area (Å²) in [5.74, 6) is 0.588. The van der Waals surface area contributed by atoms with Crippen molar-refractivity contribution in [2.24, 2.45) is 11.7 Å². The van der Waals surface area contributed by atoms with Crippen molar-refractivity contribution in [3.63, 3.8) is 0 Å². The zero-order chi connectivity index (χ0) is 14.5. The van der Waals surface area contributed by atoms with Crippen LogP contribution in [0.5, 0.6) is 0 Å². The second-order valence-electron chi connectivity index (χ2n) is 6.50. The maximum absolute atomic E-state index is 12.2.